The lowest BCUT2D eigenvalue weighted by atomic mass is 10.1. The third-order valence-electron chi connectivity index (χ3n) is 1.97. The Labute approximate surface area is 87.3 Å². The average molecular weight is 208 g/mol. The molecule has 0 saturated heterocycles. The van der Waals surface area contributed by atoms with Crippen molar-refractivity contribution in [2.45, 2.75) is 13.8 Å². The van der Waals surface area contributed by atoms with Crippen LogP contribution < -0.4 is 0 Å². The van der Waals surface area contributed by atoms with Gasteiger partial charge in [-0.2, -0.15) is 0 Å². The summed E-state index contributed by atoms with van der Waals surface area (Å²) in [5.41, 5.74) is 1.23. The van der Waals surface area contributed by atoms with Gasteiger partial charge >= 0.3 is 0 Å². The second-order valence-corrected chi connectivity index (χ2v) is 3.02. The molecule has 0 radical (unpaired) electrons. The largest absolute Gasteiger partial charge is 0.478 e. The van der Waals surface area contributed by atoms with Crippen molar-refractivity contribution in [2.75, 3.05) is 6.61 Å². The SMILES string of the molecule is CCOC(=N)c1cc([N+](=O)[O-])ccc1C. The molecule has 15 heavy (non-hydrogen) atoms. The first-order valence-corrected chi connectivity index (χ1v) is 4.53. The quantitative estimate of drug-likeness (QED) is 0.358. The number of hydrogen-bond acceptors (Lipinski definition) is 4. The number of benzene rings is 1. The van der Waals surface area contributed by atoms with E-state index in [0.717, 1.165) is 5.56 Å². The molecule has 0 spiro atoms. The van der Waals surface area contributed by atoms with Crippen molar-refractivity contribution >= 4 is 11.6 Å². The van der Waals surface area contributed by atoms with Gasteiger partial charge in [0.2, 0.25) is 5.90 Å². The molecule has 0 heterocycles. The number of hydrogen-bond donors (Lipinski definition) is 1. The maximum absolute atomic E-state index is 10.5. The highest BCUT2D eigenvalue weighted by Crippen LogP contribution is 2.17. The lowest BCUT2D eigenvalue weighted by Gasteiger charge is -2.07. The molecule has 0 aromatic heterocycles. The van der Waals surface area contributed by atoms with Gasteiger partial charge in [0, 0.05) is 17.7 Å². The van der Waals surface area contributed by atoms with E-state index in [4.69, 9.17) is 10.1 Å². The highest BCUT2D eigenvalue weighted by Gasteiger charge is 2.12. The summed E-state index contributed by atoms with van der Waals surface area (Å²) in [5, 5.41) is 18.1. The minimum absolute atomic E-state index is 0.0277. The molecular weight excluding hydrogens is 196 g/mol. The van der Waals surface area contributed by atoms with Gasteiger partial charge in [0.15, 0.2) is 0 Å². The molecule has 0 fully saturated rings. The van der Waals surface area contributed by atoms with E-state index in [0.29, 0.717) is 12.2 Å². The number of ether oxygens (including phenoxy) is 1. The first-order chi connectivity index (χ1) is 7.06. The van der Waals surface area contributed by atoms with Gasteiger partial charge in [-0.3, -0.25) is 15.5 Å². The zero-order valence-electron chi connectivity index (χ0n) is 8.61. The van der Waals surface area contributed by atoms with Gasteiger partial charge in [0.05, 0.1) is 11.5 Å². The molecule has 0 aliphatic heterocycles. The Bertz CT molecular complexity index is 402. The molecule has 0 aliphatic carbocycles. The van der Waals surface area contributed by atoms with E-state index < -0.39 is 4.92 Å². The number of nitro benzene ring substituents is 1. The minimum atomic E-state index is -0.484. The smallest absolute Gasteiger partial charge is 0.270 e. The highest BCUT2D eigenvalue weighted by molar-refractivity contribution is 5.93. The third kappa shape index (κ3) is 2.52. The van der Waals surface area contributed by atoms with Crippen LogP contribution in [0.1, 0.15) is 18.1 Å². The van der Waals surface area contributed by atoms with Crippen molar-refractivity contribution in [3.8, 4) is 0 Å². The topological polar surface area (TPSA) is 76.2 Å². The Morgan fingerprint density at radius 3 is 2.80 bits per heavy atom. The minimum Gasteiger partial charge on any atom is -0.478 e. The summed E-state index contributed by atoms with van der Waals surface area (Å²) in [6.07, 6.45) is 0. The van der Waals surface area contributed by atoms with Gasteiger partial charge in [-0.15, -0.1) is 0 Å². The van der Waals surface area contributed by atoms with Crippen molar-refractivity contribution in [1.29, 1.82) is 5.41 Å². The molecule has 5 heteroatoms. The van der Waals surface area contributed by atoms with Crippen LogP contribution in [0.25, 0.3) is 0 Å². The number of aryl methyl sites for hydroxylation is 1. The molecule has 0 amide bonds. The van der Waals surface area contributed by atoms with E-state index >= 15 is 0 Å². The van der Waals surface area contributed by atoms with Crippen LogP contribution in [-0.2, 0) is 4.74 Å². The molecule has 0 atom stereocenters. The first-order valence-electron chi connectivity index (χ1n) is 4.53. The van der Waals surface area contributed by atoms with E-state index in [1.54, 1.807) is 19.9 Å². The summed E-state index contributed by atoms with van der Waals surface area (Å²) >= 11 is 0. The van der Waals surface area contributed by atoms with Gasteiger partial charge in [-0.05, 0) is 19.4 Å². The predicted molar refractivity (Wildman–Crippen MR) is 56.3 cm³/mol. The van der Waals surface area contributed by atoms with Crippen LogP contribution in [0.4, 0.5) is 5.69 Å². The molecule has 0 aliphatic rings. The van der Waals surface area contributed by atoms with E-state index in [1.807, 2.05) is 0 Å². The Kier molecular flexibility index (Phi) is 3.38. The third-order valence-corrected chi connectivity index (χ3v) is 1.97. The summed E-state index contributed by atoms with van der Waals surface area (Å²) in [6.45, 7) is 3.93. The fourth-order valence-corrected chi connectivity index (χ4v) is 1.19. The molecule has 1 aromatic rings. The predicted octanol–water partition coefficient (Wildman–Crippen LogP) is 2.27. The molecule has 1 aromatic carbocycles. The van der Waals surface area contributed by atoms with E-state index in [2.05, 4.69) is 0 Å². The molecule has 0 unspecified atom stereocenters. The zero-order valence-corrected chi connectivity index (χ0v) is 8.61. The summed E-state index contributed by atoms with van der Waals surface area (Å²) in [5.74, 6) is -0.0290. The van der Waals surface area contributed by atoms with Gasteiger partial charge < -0.3 is 4.74 Å². The van der Waals surface area contributed by atoms with Gasteiger partial charge in [0.25, 0.3) is 5.69 Å². The van der Waals surface area contributed by atoms with Crippen LogP contribution >= 0.6 is 0 Å². The van der Waals surface area contributed by atoms with Crippen molar-refractivity contribution in [1.82, 2.24) is 0 Å². The molecule has 1 rings (SSSR count). The fourth-order valence-electron chi connectivity index (χ4n) is 1.19. The van der Waals surface area contributed by atoms with E-state index in [-0.39, 0.29) is 11.6 Å². The van der Waals surface area contributed by atoms with Crippen molar-refractivity contribution in [2.24, 2.45) is 0 Å². The average Bonchev–Trinajstić information content (AvgIpc) is 2.18. The molecule has 1 N–H and O–H groups in total. The lowest BCUT2D eigenvalue weighted by molar-refractivity contribution is -0.384. The standard InChI is InChI=1S/C10H12N2O3/c1-3-15-10(11)9-6-8(12(13)14)5-4-7(9)2/h4-6,11H,3H2,1-2H3. The molecule has 80 valence electrons. The van der Waals surface area contributed by atoms with Gasteiger partial charge in [-0.25, -0.2) is 0 Å². The maximum Gasteiger partial charge on any atom is 0.270 e. The van der Waals surface area contributed by atoms with Crippen LogP contribution in [0, 0.1) is 22.4 Å². The summed E-state index contributed by atoms with van der Waals surface area (Å²) < 4.78 is 5.00. The molecule has 0 bridgehead atoms. The van der Waals surface area contributed by atoms with Gasteiger partial charge in [0.1, 0.15) is 0 Å². The van der Waals surface area contributed by atoms with Crippen molar-refractivity contribution < 1.29 is 9.66 Å². The summed E-state index contributed by atoms with van der Waals surface area (Å²) in [6, 6.07) is 4.38. The molecule has 5 nitrogen and oxygen atoms in total. The Balaban J connectivity index is 3.10. The zero-order chi connectivity index (χ0) is 11.4. The first kappa shape index (κ1) is 11.2. The Hall–Kier alpha value is -1.91. The van der Waals surface area contributed by atoms with Crippen LogP contribution in [-0.4, -0.2) is 17.4 Å². The highest BCUT2D eigenvalue weighted by atomic mass is 16.6. The fraction of sp³-hybridized carbons (Fsp3) is 0.300. The van der Waals surface area contributed by atoms with Crippen molar-refractivity contribution in [3.63, 3.8) is 0 Å². The molecule has 0 saturated carbocycles. The van der Waals surface area contributed by atoms with Crippen LogP contribution in [0.3, 0.4) is 0 Å². The van der Waals surface area contributed by atoms with Crippen molar-refractivity contribution in [3.05, 3.63) is 39.4 Å². The van der Waals surface area contributed by atoms with Crippen LogP contribution in [0.5, 0.6) is 0 Å². The maximum atomic E-state index is 10.5. The van der Waals surface area contributed by atoms with Gasteiger partial charge in [-0.1, -0.05) is 6.07 Å². The Morgan fingerprint density at radius 2 is 2.27 bits per heavy atom. The number of nitro groups is 1. The summed E-state index contributed by atoms with van der Waals surface area (Å²) in [7, 11) is 0. The van der Waals surface area contributed by atoms with E-state index in [1.165, 1.54) is 12.1 Å². The number of nitrogens with zero attached hydrogens (tertiary/aromatic N) is 1. The van der Waals surface area contributed by atoms with Crippen LogP contribution in [0.2, 0.25) is 0 Å². The second-order valence-electron chi connectivity index (χ2n) is 3.02. The summed E-state index contributed by atoms with van der Waals surface area (Å²) in [4.78, 5) is 10.1. The lowest BCUT2D eigenvalue weighted by Crippen LogP contribution is -2.07. The number of non-ortho nitro benzene ring substituents is 1. The number of rotatable bonds is 3. The van der Waals surface area contributed by atoms with E-state index in [9.17, 15) is 10.1 Å². The Morgan fingerprint density at radius 1 is 1.60 bits per heavy atom. The monoisotopic (exact) mass is 208 g/mol. The number of nitrogens with one attached hydrogen (secondary N) is 1. The normalized spacial score (nSPS) is 9.73. The molecular formula is C10H12N2O3. The van der Waals surface area contributed by atoms with Crippen LogP contribution in [0.15, 0.2) is 18.2 Å². The second kappa shape index (κ2) is 4.54.